The lowest BCUT2D eigenvalue weighted by molar-refractivity contribution is 0.229. The summed E-state index contributed by atoms with van der Waals surface area (Å²) < 4.78 is 5.40. The van der Waals surface area contributed by atoms with Gasteiger partial charge < -0.3 is 15.2 Å². The molecular weight excluding hydrogens is 206 g/mol. The zero-order chi connectivity index (χ0) is 11.8. The molecule has 5 heteroatoms. The van der Waals surface area contributed by atoms with Crippen molar-refractivity contribution >= 4 is 5.82 Å². The van der Waals surface area contributed by atoms with Gasteiger partial charge in [-0.05, 0) is 13.3 Å². The zero-order valence-electron chi connectivity index (χ0n) is 9.86. The van der Waals surface area contributed by atoms with Gasteiger partial charge in [0.15, 0.2) is 0 Å². The van der Waals surface area contributed by atoms with Gasteiger partial charge in [-0.1, -0.05) is 6.92 Å². The Morgan fingerprint density at radius 2 is 2.25 bits per heavy atom. The monoisotopic (exact) mass is 225 g/mol. The van der Waals surface area contributed by atoms with Crippen LogP contribution in [0.5, 0.6) is 5.88 Å². The van der Waals surface area contributed by atoms with Gasteiger partial charge in [-0.15, -0.1) is 0 Å². The van der Waals surface area contributed by atoms with Crippen molar-refractivity contribution in [2.45, 2.75) is 26.7 Å². The van der Waals surface area contributed by atoms with Gasteiger partial charge in [0.25, 0.3) is 0 Å². The third-order valence-electron chi connectivity index (χ3n) is 1.92. The Hall–Kier alpha value is -1.36. The van der Waals surface area contributed by atoms with Crippen LogP contribution in [0.2, 0.25) is 0 Å². The highest BCUT2D eigenvalue weighted by molar-refractivity contribution is 5.38. The van der Waals surface area contributed by atoms with Crippen LogP contribution in [0.25, 0.3) is 0 Å². The number of ether oxygens (including phenoxy) is 1. The topological polar surface area (TPSA) is 67.3 Å². The molecule has 0 aromatic carbocycles. The van der Waals surface area contributed by atoms with Gasteiger partial charge in [0.05, 0.1) is 6.61 Å². The SMILES string of the molecule is CCCNc1cc(OCCCO)nc(C)n1. The van der Waals surface area contributed by atoms with E-state index in [1.54, 1.807) is 6.07 Å². The molecule has 1 rings (SSSR count). The van der Waals surface area contributed by atoms with Gasteiger partial charge in [0.2, 0.25) is 5.88 Å². The van der Waals surface area contributed by atoms with Crippen LogP contribution in [0.15, 0.2) is 6.07 Å². The van der Waals surface area contributed by atoms with E-state index in [9.17, 15) is 0 Å². The molecule has 1 aromatic heterocycles. The van der Waals surface area contributed by atoms with Crippen molar-refractivity contribution in [3.8, 4) is 5.88 Å². The number of hydrogen-bond donors (Lipinski definition) is 2. The molecule has 0 saturated heterocycles. The van der Waals surface area contributed by atoms with E-state index in [4.69, 9.17) is 9.84 Å². The van der Waals surface area contributed by atoms with Gasteiger partial charge in [-0.2, -0.15) is 4.98 Å². The summed E-state index contributed by atoms with van der Waals surface area (Å²) in [6.45, 7) is 5.41. The van der Waals surface area contributed by atoms with Crippen LogP contribution in [0, 0.1) is 6.92 Å². The van der Waals surface area contributed by atoms with E-state index in [-0.39, 0.29) is 6.61 Å². The number of aromatic nitrogens is 2. The quantitative estimate of drug-likeness (QED) is 0.686. The number of nitrogens with one attached hydrogen (secondary N) is 1. The maximum atomic E-state index is 8.64. The lowest BCUT2D eigenvalue weighted by Gasteiger charge is -2.08. The van der Waals surface area contributed by atoms with Crippen LogP contribution in [0.3, 0.4) is 0 Å². The summed E-state index contributed by atoms with van der Waals surface area (Å²) in [5, 5.41) is 11.8. The summed E-state index contributed by atoms with van der Waals surface area (Å²) >= 11 is 0. The van der Waals surface area contributed by atoms with Gasteiger partial charge in [0, 0.05) is 25.6 Å². The number of aryl methyl sites for hydroxylation is 1. The first-order valence-electron chi connectivity index (χ1n) is 5.59. The predicted octanol–water partition coefficient (Wildman–Crippen LogP) is 1.37. The fraction of sp³-hybridized carbons (Fsp3) is 0.636. The average molecular weight is 225 g/mol. The van der Waals surface area contributed by atoms with E-state index in [0.29, 0.717) is 24.7 Å². The molecule has 0 atom stereocenters. The van der Waals surface area contributed by atoms with Crippen LogP contribution in [-0.4, -0.2) is 34.8 Å². The van der Waals surface area contributed by atoms with Crippen molar-refractivity contribution < 1.29 is 9.84 Å². The number of aliphatic hydroxyl groups excluding tert-OH is 1. The first-order chi connectivity index (χ1) is 7.76. The van der Waals surface area contributed by atoms with Gasteiger partial charge in [0.1, 0.15) is 11.6 Å². The van der Waals surface area contributed by atoms with E-state index in [1.807, 2.05) is 6.92 Å². The molecule has 1 aromatic rings. The predicted molar refractivity (Wildman–Crippen MR) is 62.7 cm³/mol. The van der Waals surface area contributed by atoms with E-state index in [2.05, 4.69) is 22.2 Å². The Morgan fingerprint density at radius 3 is 2.94 bits per heavy atom. The van der Waals surface area contributed by atoms with Crippen LogP contribution in [0.4, 0.5) is 5.82 Å². The molecule has 0 aliphatic heterocycles. The summed E-state index contributed by atoms with van der Waals surface area (Å²) in [5.41, 5.74) is 0. The van der Waals surface area contributed by atoms with Gasteiger partial charge >= 0.3 is 0 Å². The zero-order valence-corrected chi connectivity index (χ0v) is 9.86. The van der Waals surface area contributed by atoms with Gasteiger partial charge in [-0.3, -0.25) is 0 Å². The Labute approximate surface area is 95.9 Å². The second-order valence-electron chi connectivity index (χ2n) is 3.49. The molecule has 0 bridgehead atoms. The lowest BCUT2D eigenvalue weighted by Crippen LogP contribution is -2.06. The maximum absolute atomic E-state index is 8.64. The number of hydrogen-bond acceptors (Lipinski definition) is 5. The lowest BCUT2D eigenvalue weighted by atomic mass is 10.4. The molecule has 90 valence electrons. The summed E-state index contributed by atoms with van der Waals surface area (Å²) in [7, 11) is 0. The number of anilines is 1. The fourth-order valence-electron chi connectivity index (χ4n) is 1.20. The summed E-state index contributed by atoms with van der Waals surface area (Å²) in [5.74, 6) is 2.02. The molecule has 0 saturated carbocycles. The molecule has 0 fully saturated rings. The minimum atomic E-state index is 0.130. The third-order valence-corrected chi connectivity index (χ3v) is 1.92. The normalized spacial score (nSPS) is 10.2. The smallest absolute Gasteiger partial charge is 0.218 e. The summed E-state index contributed by atoms with van der Waals surface area (Å²) in [6.07, 6.45) is 1.66. The first-order valence-corrected chi connectivity index (χ1v) is 5.59. The maximum Gasteiger partial charge on any atom is 0.218 e. The first kappa shape index (κ1) is 12.7. The summed E-state index contributed by atoms with van der Waals surface area (Å²) in [6, 6.07) is 1.78. The van der Waals surface area contributed by atoms with Crippen molar-refractivity contribution in [3.05, 3.63) is 11.9 Å². The molecule has 0 unspecified atom stereocenters. The second kappa shape index (κ2) is 7.00. The largest absolute Gasteiger partial charge is 0.477 e. The Balaban J connectivity index is 2.58. The molecule has 1 heterocycles. The van der Waals surface area contributed by atoms with Crippen molar-refractivity contribution in [3.63, 3.8) is 0 Å². The van der Waals surface area contributed by atoms with E-state index < -0.39 is 0 Å². The van der Waals surface area contributed by atoms with Crippen molar-refractivity contribution in [2.24, 2.45) is 0 Å². The van der Waals surface area contributed by atoms with Crippen molar-refractivity contribution in [2.75, 3.05) is 25.1 Å². The third kappa shape index (κ3) is 4.44. The molecule has 0 radical (unpaired) electrons. The molecule has 0 spiro atoms. The molecule has 0 aliphatic carbocycles. The molecule has 5 nitrogen and oxygen atoms in total. The van der Waals surface area contributed by atoms with Gasteiger partial charge in [-0.25, -0.2) is 4.98 Å². The van der Waals surface area contributed by atoms with E-state index >= 15 is 0 Å². The molecular formula is C11H19N3O2. The molecule has 0 amide bonds. The molecule has 0 aliphatic rings. The molecule has 16 heavy (non-hydrogen) atoms. The van der Waals surface area contributed by atoms with E-state index in [1.165, 1.54) is 0 Å². The Bertz CT molecular complexity index is 318. The van der Waals surface area contributed by atoms with Crippen LogP contribution >= 0.6 is 0 Å². The van der Waals surface area contributed by atoms with E-state index in [0.717, 1.165) is 18.8 Å². The highest BCUT2D eigenvalue weighted by Gasteiger charge is 2.02. The van der Waals surface area contributed by atoms with Crippen molar-refractivity contribution in [1.82, 2.24) is 9.97 Å². The fourth-order valence-corrected chi connectivity index (χ4v) is 1.20. The minimum absolute atomic E-state index is 0.130. The highest BCUT2D eigenvalue weighted by atomic mass is 16.5. The Morgan fingerprint density at radius 1 is 1.44 bits per heavy atom. The second-order valence-corrected chi connectivity index (χ2v) is 3.49. The number of aliphatic hydroxyl groups is 1. The average Bonchev–Trinajstić information content (AvgIpc) is 2.26. The number of rotatable bonds is 7. The minimum Gasteiger partial charge on any atom is -0.477 e. The van der Waals surface area contributed by atoms with Crippen LogP contribution in [-0.2, 0) is 0 Å². The highest BCUT2D eigenvalue weighted by Crippen LogP contribution is 2.13. The Kier molecular flexibility index (Phi) is 5.56. The summed E-state index contributed by atoms with van der Waals surface area (Å²) in [4.78, 5) is 8.41. The van der Waals surface area contributed by atoms with Crippen LogP contribution in [0.1, 0.15) is 25.6 Å². The standard InChI is InChI=1S/C11H19N3O2/c1-3-5-12-10-8-11(14-9(2)13-10)16-7-4-6-15/h8,15H,3-7H2,1-2H3,(H,12,13,14). The van der Waals surface area contributed by atoms with Crippen molar-refractivity contribution in [1.29, 1.82) is 0 Å². The number of nitrogens with zero attached hydrogens (tertiary/aromatic N) is 2. The molecule has 2 N–H and O–H groups in total. The van der Waals surface area contributed by atoms with Crippen LogP contribution < -0.4 is 10.1 Å².